The zero-order chi connectivity index (χ0) is 17.8. The standard InChI is InChI=1S/C19H13NO6/c21-18(22)10-4-2-1-3-9(10)16-11-5-14-15(26-8-25-14)6-12(11)20-13-7-24-19(23)17(13)16/h1-6,16,20H,7-8H2,(H,21,22)/t16-/m1/s1. The summed E-state index contributed by atoms with van der Waals surface area (Å²) in [7, 11) is 0. The van der Waals surface area contributed by atoms with Crippen LogP contribution in [0.5, 0.6) is 11.5 Å². The number of nitrogens with one attached hydrogen (secondary N) is 1. The number of aromatic carboxylic acids is 1. The van der Waals surface area contributed by atoms with Gasteiger partial charge in [-0.15, -0.1) is 0 Å². The van der Waals surface area contributed by atoms with Gasteiger partial charge < -0.3 is 24.6 Å². The number of ether oxygens (including phenoxy) is 3. The van der Waals surface area contributed by atoms with Crippen LogP contribution in [0.2, 0.25) is 0 Å². The molecular weight excluding hydrogens is 338 g/mol. The predicted molar refractivity (Wildman–Crippen MR) is 89.4 cm³/mol. The summed E-state index contributed by atoms with van der Waals surface area (Å²) in [5.74, 6) is -0.872. The number of carbonyl (C=O) groups is 2. The van der Waals surface area contributed by atoms with Gasteiger partial charge in [-0.05, 0) is 23.3 Å². The highest BCUT2D eigenvalue weighted by Gasteiger charge is 2.40. The van der Waals surface area contributed by atoms with Gasteiger partial charge >= 0.3 is 11.9 Å². The minimum Gasteiger partial charge on any atom is -0.478 e. The second-order valence-corrected chi connectivity index (χ2v) is 6.21. The number of rotatable bonds is 2. The first-order valence-electron chi connectivity index (χ1n) is 8.06. The van der Waals surface area contributed by atoms with E-state index in [1.165, 1.54) is 6.07 Å². The molecule has 0 spiro atoms. The fourth-order valence-corrected chi connectivity index (χ4v) is 3.70. The highest BCUT2D eigenvalue weighted by atomic mass is 16.7. The molecule has 0 aliphatic carbocycles. The summed E-state index contributed by atoms with van der Waals surface area (Å²) in [4.78, 5) is 24.1. The Kier molecular flexibility index (Phi) is 3.00. The molecule has 7 heteroatoms. The Morgan fingerprint density at radius 1 is 1.08 bits per heavy atom. The SMILES string of the molecule is O=C1OCC2=C1[C@H](c1ccccc1C(=O)O)c1cc3c(cc1N2)OCO3. The van der Waals surface area contributed by atoms with Gasteiger partial charge in [-0.2, -0.15) is 0 Å². The highest BCUT2D eigenvalue weighted by molar-refractivity contribution is 5.99. The number of fused-ring (bicyclic) bond motifs is 2. The Bertz CT molecular complexity index is 1010. The molecule has 5 rings (SSSR count). The third-order valence-electron chi connectivity index (χ3n) is 4.82. The molecule has 2 aromatic rings. The number of anilines is 1. The van der Waals surface area contributed by atoms with Crippen molar-refractivity contribution in [2.24, 2.45) is 0 Å². The Morgan fingerprint density at radius 2 is 1.85 bits per heavy atom. The van der Waals surface area contributed by atoms with Crippen LogP contribution in [0.4, 0.5) is 5.69 Å². The van der Waals surface area contributed by atoms with Crippen LogP contribution < -0.4 is 14.8 Å². The lowest BCUT2D eigenvalue weighted by Crippen LogP contribution is -2.21. The fraction of sp³-hybridized carbons (Fsp3) is 0.158. The quantitative estimate of drug-likeness (QED) is 0.803. The lowest BCUT2D eigenvalue weighted by atomic mass is 9.79. The molecule has 0 radical (unpaired) electrons. The molecule has 3 aliphatic rings. The summed E-state index contributed by atoms with van der Waals surface area (Å²) >= 11 is 0. The molecule has 0 fully saturated rings. The second-order valence-electron chi connectivity index (χ2n) is 6.21. The van der Waals surface area contributed by atoms with Crippen LogP contribution >= 0.6 is 0 Å². The normalized spacial score (nSPS) is 19.5. The van der Waals surface area contributed by atoms with E-state index in [4.69, 9.17) is 14.2 Å². The van der Waals surface area contributed by atoms with Crippen molar-refractivity contribution in [1.82, 2.24) is 0 Å². The molecule has 26 heavy (non-hydrogen) atoms. The summed E-state index contributed by atoms with van der Waals surface area (Å²) in [5.41, 5.74) is 3.26. The molecule has 0 saturated heterocycles. The largest absolute Gasteiger partial charge is 0.478 e. The van der Waals surface area contributed by atoms with Gasteiger partial charge in [0.2, 0.25) is 6.79 Å². The van der Waals surface area contributed by atoms with E-state index in [9.17, 15) is 14.7 Å². The number of hydrogen-bond donors (Lipinski definition) is 2. The van der Waals surface area contributed by atoms with Crippen molar-refractivity contribution < 1.29 is 28.9 Å². The molecule has 0 amide bonds. The van der Waals surface area contributed by atoms with Gasteiger partial charge in [0.1, 0.15) is 6.61 Å². The number of carbonyl (C=O) groups excluding carboxylic acids is 1. The molecule has 2 aromatic carbocycles. The summed E-state index contributed by atoms with van der Waals surface area (Å²) in [6, 6.07) is 10.3. The van der Waals surface area contributed by atoms with Gasteiger partial charge in [0.25, 0.3) is 0 Å². The van der Waals surface area contributed by atoms with Crippen LogP contribution in [0.25, 0.3) is 0 Å². The Balaban J connectivity index is 1.77. The smallest absolute Gasteiger partial charge is 0.337 e. The van der Waals surface area contributed by atoms with E-state index < -0.39 is 17.9 Å². The topological polar surface area (TPSA) is 94.1 Å². The minimum atomic E-state index is -1.05. The average Bonchev–Trinajstić information content (AvgIpc) is 3.24. The van der Waals surface area contributed by atoms with Gasteiger partial charge in [-0.25, -0.2) is 9.59 Å². The van der Waals surface area contributed by atoms with Crippen LogP contribution in [-0.4, -0.2) is 30.4 Å². The van der Waals surface area contributed by atoms with Gasteiger partial charge in [-0.3, -0.25) is 0 Å². The van der Waals surface area contributed by atoms with Gasteiger partial charge in [0.15, 0.2) is 11.5 Å². The number of cyclic esters (lactones) is 1. The molecule has 7 nitrogen and oxygen atoms in total. The van der Waals surface area contributed by atoms with Crippen molar-refractivity contribution in [3.05, 3.63) is 64.4 Å². The van der Waals surface area contributed by atoms with Gasteiger partial charge in [0.05, 0.1) is 16.8 Å². The molecule has 0 unspecified atom stereocenters. The maximum Gasteiger partial charge on any atom is 0.337 e. The van der Waals surface area contributed by atoms with E-state index in [0.717, 1.165) is 11.3 Å². The fourth-order valence-electron chi connectivity index (χ4n) is 3.70. The first kappa shape index (κ1) is 14.8. The summed E-state index contributed by atoms with van der Waals surface area (Å²) < 4.78 is 16.1. The molecule has 130 valence electrons. The molecule has 3 heterocycles. The Morgan fingerprint density at radius 3 is 2.65 bits per heavy atom. The van der Waals surface area contributed by atoms with E-state index in [1.54, 1.807) is 30.3 Å². The number of benzene rings is 2. The summed E-state index contributed by atoms with van der Waals surface area (Å²) in [6.07, 6.45) is 0. The number of esters is 1. The summed E-state index contributed by atoms with van der Waals surface area (Å²) in [5, 5.41) is 12.8. The van der Waals surface area contributed by atoms with Crippen molar-refractivity contribution in [2.45, 2.75) is 5.92 Å². The van der Waals surface area contributed by atoms with Crippen molar-refractivity contribution >= 4 is 17.6 Å². The predicted octanol–water partition coefficient (Wildman–Crippen LogP) is 2.48. The highest BCUT2D eigenvalue weighted by Crippen LogP contribution is 2.49. The molecule has 3 aliphatic heterocycles. The van der Waals surface area contributed by atoms with Crippen LogP contribution in [0.3, 0.4) is 0 Å². The Labute approximate surface area is 147 Å². The molecule has 1 atom stereocenters. The van der Waals surface area contributed by atoms with Gasteiger partial charge in [0, 0.05) is 17.7 Å². The molecule has 0 bridgehead atoms. The molecule has 0 aromatic heterocycles. The zero-order valence-electron chi connectivity index (χ0n) is 13.4. The van der Waals surface area contributed by atoms with E-state index >= 15 is 0 Å². The molecular formula is C19H13NO6. The van der Waals surface area contributed by atoms with E-state index in [1.807, 2.05) is 0 Å². The average molecular weight is 351 g/mol. The zero-order valence-corrected chi connectivity index (χ0v) is 13.4. The van der Waals surface area contributed by atoms with Crippen LogP contribution in [0.1, 0.15) is 27.4 Å². The number of hydrogen-bond acceptors (Lipinski definition) is 6. The maximum absolute atomic E-state index is 12.4. The third-order valence-corrected chi connectivity index (χ3v) is 4.82. The van der Waals surface area contributed by atoms with Crippen molar-refractivity contribution in [1.29, 1.82) is 0 Å². The maximum atomic E-state index is 12.4. The van der Waals surface area contributed by atoms with E-state index in [-0.39, 0.29) is 19.0 Å². The van der Waals surface area contributed by atoms with Crippen LogP contribution in [0, 0.1) is 0 Å². The molecule has 0 saturated carbocycles. The first-order chi connectivity index (χ1) is 12.6. The Hall–Kier alpha value is -3.48. The molecule has 2 N–H and O–H groups in total. The van der Waals surface area contributed by atoms with E-state index in [2.05, 4.69) is 5.32 Å². The van der Waals surface area contributed by atoms with Crippen molar-refractivity contribution in [3.8, 4) is 11.5 Å². The number of carboxylic acids is 1. The lowest BCUT2D eigenvalue weighted by Gasteiger charge is -2.28. The van der Waals surface area contributed by atoms with Crippen molar-refractivity contribution in [2.75, 3.05) is 18.7 Å². The second kappa shape index (κ2) is 5.26. The lowest BCUT2D eigenvalue weighted by molar-refractivity contribution is -0.136. The third kappa shape index (κ3) is 2.00. The van der Waals surface area contributed by atoms with Gasteiger partial charge in [-0.1, -0.05) is 18.2 Å². The summed E-state index contributed by atoms with van der Waals surface area (Å²) in [6.45, 7) is 0.261. The van der Waals surface area contributed by atoms with Crippen LogP contribution in [-0.2, 0) is 9.53 Å². The first-order valence-corrected chi connectivity index (χ1v) is 8.06. The minimum absolute atomic E-state index is 0.129. The monoisotopic (exact) mass is 351 g/mol. The number of carboxylic acid groups (broad SMARTS) is 1. The van der Waals surface area contributed by atoms with Crippen molar-refractivity contribution in [3.63, 3.8) is 0 Å². The van der Waals surface area contributed by atoms with E-state index in [0.29, 0.717) is 28.3 Å². The van der Waals surface area contributed by atoms with Crippen LogP contribution in [0.15, 0.2) is 47.7 Å².